The maximum atomic E-state index is 12.3. The molecule has 0 saturated heterocycles. The monoisotopic (exact) mass is 383 g/mol. The molecule has 7 heteroatoms. The molecule has 0 saturated carbocycles. The number of aromatic nitrogens is 2. The van der Waals surface area contributed by atoms with E-state index in [0.29, 0.717) is 29.1 Å². The summed E-state index contributed by atoms with van der Waals surface area (Å²) in [6.45, 7) is 6.76. The number of carbonyl (C=O) groups excluding carboxylic acids is 1. The highest BCUT2D eigenvalue weighted by Crippen LogP contribution is 2.28. The number of rotatable bonds is 7. The van der Waals surface area contributed by atoms with Crippen molar-refractivity contribution in [2.45, 2.75) is 30.9 Å². The van der Waals surface area contributed by atoms with Crippen LogP contribution in [0.1, 0.15) is 31.1 Å². The number of hydrogen-bond acceptors (Lipinski definition) is 6. The maximum Gasteiger partial charge on any atom is 0.322 e. The van der Waals surface area contributed by atoms with Crippen molar-refractivity contribution in [1.29, 1.82) is 0 Å². The van der Waals surface area contributed by atoms with Gasteiger partial charge < -0.3 is 9.15 Å². The highest BCUT2D eigenvalue weighted by atomic mass is 32.2. The fraction of sp³-hybridized carbons (Fsp3) is 0.250. The Morgan fingerprint density at radius 1 is 1.19 bits per heavy atom. The predicted octanol–water partition coefficient (Wildman–Crippen LogP) is 4.89. The summed E-state index contributed by atoms with van der Waals surface area (Å²) in [5.74, 6) is 0.758. The zero-order valence-corrected chi connectivity index (χ0v) is 16.2. The molecule has 0 fully saturated rings. The Kier molecular flexibility index (Phi) is 6.13. The van der Waals surface area contributed by atoms with E-state index in [1.807, 2.05) is 31.2 Å². The quantitative estimate of drug-likeness (QED) is 0.586. The van der Waals surface area contributed by atoms with Gasteiger partial charge in [0.15, 0.2) is 0 Å². The van der Waals surface area contributed by atoms with Crippen LogP contribution < -0.4 is 10.1 Å². The summed E-state index contributed by atoms with van der Waals surface area (Å²) in [4.78, 5) is 13.4. The molecule has 2 aromatic carbocycles. The first-order valence-corrected chi connectivity index (χ1v) is 9.58. The van der Waals surface area contributed by atoms with E-state index in [1.165, 1.54) is 0 Å². The fourth-order valence-corrected chi connectivity index (χ4v) is 3.30. The van der Waals surface area contributed by atoms with Gasteiger partial charge in [0.05, 0.1) is 6.61 Å². The molecule has 1 heterocycles. The summed E-state index contributed by atoms with van der Waals surface area (Å²) >= 11 is 1.76. The molecule has 0 aliphatic heterocycles. The molecule has 6 nitrogen and oxygen atoms in total. The number of benzene rings is 2. The lowest BCUT2D eigenvalue weighted by atomic mass is 10.2. The largest absolute Gasteiger partial charge is 0.494 e. The van der Waals surface area contributed by atoms with Gasteiger partial charge in [0, 0.05) is 21.3 Å². The van der Waals surface area contributed by atoms with Crippen molar-refractivity contribution < 1.29 is 13.9 Å². The number of hydrogen-bond donors (Lipinski definition) is 1. The van der Waals surface area contributed by atoms with Crippen LogP contribution in [0.15, 0.2) is 57.8 Å². The number of ether oxygens (including phenoxy) is 1. The average molecular weight is 383 g/mol. The van der Waals surface area contributed by atoms with Gasteiger partial charge in [-0.05, 0) is 49.4 Å². The van der Waals surface area contributed by atoms with E-state index in [4.69, 9.17) is 9.15 Å². The standard InChI is InChI=1S/C20H21N3O3S/c1-4-25-16-10-8-14(9-11-16)18(24)21-20-23-22-19(26-20)15-6-5-7-17(12-15)27-13(2)3/h5-13H,4H2,1-3H3,(H,21,23,24). The number of carbonyl (C=O) groups is 1. The summed E-state index contributed by atoms with van der Waals surface area (Å²) in [6, 6.07) is 14.8. The zero-order chi connectivity index (χ0) is 19.2. The summed E-state index contributed by atoms with van der Waals surface area (Å²) in [5, 5.41) is 11.0. The number of thioether (sulfide) groups is 1. The Bertz CT molecular complexity index is 907. The molecule has 0 unspecified atom stereocenters. The van der Waals surface area contributed by atoms with Crippen molar-refractivity contribution in [3.8, 4) is 17.2 Å². The normalized spacial score (nSPS) is 10.8. The van der Waals surface area contributed by atoms with E-state index < -0.39 is 0 Å². The number of nitrogens with zero attached hydrogens (tertiary/aromatic N) is 2. The summed E-state index contributed by atoms with van der Waals surface area (Å²) in [5.41, 5.74) is 1.29. The molecule has 27 heavy (non-hydrogen) atoms. The van der Waals surface area contributed by atoms with E-state index in [0.717, 1.165) is 10.5 Å². The van der Waals surface area contributed by atoms with Gasteiger partial charge in [-0.25, -0.2) is 0 Å². The Balaban J connectivity index is 1.69. The van der Waals surface area contributed by atoms with E-state index in [9.17, 15) is 4.79 Å². The highest BCUT2D eigenvalue weighted by molar-refractivity contribution is 7.99. The van der Waals surface area contributed by atoms with Crippen LogP contribution in [0, 0.1) is 0 Å². The van der Waals surface area contributed by atoms with Gasteiger partial charge in [-0.1, -0.05) is 25.0 Å². The van der Waals surface area contributed by atoms with Gasteiger partial charge >= 0.3 is 6.01 Å². The van der Waals surface area contributed by atoms with Crippen LogP contribution in [0.3, 0.4) is 0 Å². The van der Waals surface area contributed by atoms with Crippen molar-refractivity contribution in [1.82, 2.24) is 10.2 Å². The second kappa shape index (κ2) is 8.73. The zero-order valence-electron chi connectivity index (χ0n) is 15.4. The van der Waals surface area contributed by atoms with Crippen molar-refractivity contribution in [3.63, 3.8) is 0 Å². The van der Waals surface area contributed by atoms with Crippen molar-refractivity contribution in [2.75, 3.05) is 11.9 Å². The molecule has 0 aliphatic rings. The van der Waals surface area contributed by atoms with Gasteiger partial charge in [0.1, 0.15) is 5.75 Å². The molecule has 0 bridgehead atoms. The van der Waals surface area contributed by atoms with E-state index in [-0.39, 0.29) is 11.9 Å². The Hall–Kier alpha value is -2.80. The van der Waals surface area contributed by atoms with Gasteiger partial charge in [0.2, 0.25) is 5.89 Å². The highest BCUT2D eigenvalue weighted by Gasteiger charge is 2.13. The topological polar surface area (TPSA) is 77.2 Å². The summed E-state index contributed by atoms with van der Waals surface area (Å²) < 4.78 is 11.0. The van der Waals surface area contributed by atoms with Gasteiger partial charge in [-0.15, -0.1) is 16.9 Å². The first kappa shape index (κ1) is 19.0. The molecule has 0 radical (unpaired) electrons. The summed E-state index contributed by atoms with van der Waals surface area (Å²) in [7, 11) is 0. The third kappa shape index (κ3) is 5.10. The molecular weight excluding hydrogens is 362 g/mol. The van der Waals surface area contributed by atoms with Crippen molar-refractivity contribution in [2.24, 2.45) is 0 Å². The van der Waals surface area contributed by atoms with Crippen LogP contribution in [0.2, 0.25) is 0 Å². The van der Waals surface area contributed by atoms with E-state index in [2.05, 4.69) is 29.4 Å². The van der Waals surface area contributed by atoms with Gasteiger partial charge in [-0.3, -0.25) is 10.1 Å². The van der Waals surface area contributed by atoms with Crippen LogP contribution in [-0.4, -0.2) is 28.0 Å². The second-order valence-electron chi connectivity index (χ2n) is 6.02. The van der Waals surface area contributed by atoms with Crippen LogP contribution >= 0.6 is 11.8 Å². The van der Waals surface area contributed by atoms with Crippen LogP contribution in [0.4, 0.5) is 6.01 Å². The smallest absolute Gasteiger partial charge is 0.322 e. The molecule has 140 valence electrons. The number of amides is 1. The minimum atomic E-state index is -0.322. The Morgan fingerprint density at radius 3 is 2.67 bits per heavy atom. The molecule has 1 N–H and O–H groups in total. The van der Waals surface area contributed by atoms with Crippen LogP contribution in [0.5, 0.6) is 5.75 Å². The average Bonchev–Trinajstić information content (AvgIpc) is 3.11. The van der Waals surface area contributed by atoms with Crippen molar-refractivity contribution in [3.05, 3.63) is 54.1 Å². The third-order valence-corrected chi connectivity index (χ3v) is 4.52. The Labute approximate surface area is 162 Å². The van der Waals surface area contributed by atoms with Crippen LogP contribution in [-0.2, 0) is 0 Å². The second-order valence-corrected chi connectivity index (χ2v) is 7.67. The SMILES string of the molecule is CCOc1ccc(C(=O)Nc2nnc(-c3cccc(SC(C)C)c3)o2)cc1. The lowest BCUT2D eigenvalue weighted by molar-refractivity contribution is 0.102. The van der Waals surface area contributed by atoms with Gasteiger partial charge in [-0.2, -0.15) is 0 Å². The minimum Gasteiger partial charge on any atom is -0.494 e. The molecule has 3 aromatic rings. The van der Waals surface area contributed by atoms with Crippen molar-refractivity contribution >= 4 is 23.7 Å². The molecular formula is C20H21N3O3S. The van der Waals surface area contributed by atoms with Gasteiger partial charge in [0.25, 0.3) is 5.91 Å². The third-order valence-electron chi connectivity index (χ3n) is 3.53. The lowest BCUT2D eigenvalue weighted by Gasteiger charge is -2.05. The maximum absolute atomic E-state index is 12.3. The molecule has 1 aromatic heterocycles. The Morgan fingerprint density at radius 2 is 1.96 bits per heavy atom. The molecule has 0 spiro atoms. The van der Waals surface area contributed by atoms with E-state index in [1.54, 1.807) is 36.0 Å². The molecule has 3 rings (SSSR count). The van der Waals surface area contributed by atoms with E-state index >= 15 is 0 Å². The molecule has 0 atom stereocenters. The number of nitrogens with one attached hydrogen (secondary N) is 1. The molecule has 1 amide bonds. The fourth-order valence-electron chi connectivity index (χ4n) is 2.40. The summed E-state index contributed by atoms with van der Waals surface area (Å²) in [6.07, 6.45) is 0. The number of anilines is 1. The van der Waals surface area contributed by atoms with Crippen LogP contribution in [0.25, 0.3) is 11.5 Å². The predicted molar refractivity (Wildman–Crippen MR) is 106 cm³/mol. The molecule has 0 aliphatic carbocycles. The first-order chi connectivity index (χ1) is 13.0. The lowest BCUT2D eigenvalue weighted by Crippen LogP contribution is -2.12. The minimum absolute atomic E-state index is 0.0609. The first-order valence-electron chi connectivity index (χ1n) is 8.70.